The highest BCUT2D eigenvalue weighted by Crippen LogP contribution is 2.17. The number of epoxide rings is 1. The van der Waals surface area contributed by atoms with Gasteiger partial charge in [0.25, 0.3) is 0 Å². The molecule has 0 saturated carbocycles. The summed E-state index contributed by atoms with van der Waals surface area (Å²) in [5.74, 6) is -1.13. The molecule has 2 nitrogen and oxygen atoms in total. The third-order valence-electron chi connectivity index (χ3n) is 2.23. The van der Waals surface area contributed by atoms with Gasteiger partial charge in [0, 0.05) is 12.1 Å². The zero-order valence-corrected chi connectivity index (χ0v) is 7.54. The first-order valence-corrected chi connectivity index (χ1v) is 4.47. The lowest BCUT2D eigenvalue weighted by molar-refractivity contribution is 0.371. The summed E-state index contributed by atoms with van der Waals surface area (Å²) in [5.41, 5.74) is 6.32. The van der Waals surface area contributed by atoms with Gasteiger partial charge in [0.2, 0.25) is 0 Å². The van der Waals surface area contributed by atoms with E-state index in [4.69, 9.17) is 10.5 Å². The Balaban J connectivity index is 2.07. The SMILES string of the molecule is NC(Cc1cc(F)cc(F)c1)C1CO1. The third kappa shape index (κ3) is 2.27. The van der Waals surface area contributed by atoms with Crippen LogP contribution in [0.1, 0.15) is 5.56 Å². The number of nitrogens with two attached hydrogens (primary N) is 1. The van der Waals surface area contributed by atoms with E-state index in [0.29, 0.717) is 18.6 Å². The number of rotatable bonds is 3. The normalized spacial score (nSPS) is 22.1. The summed E-state index contributed by atoms with van der Waals surface area (Å²) in [6, 6.07) is 3.27. The van der Waals surface area contributed by atoms with Crippen molar-refractivity contribution >= 4 is 0 Å². The maximum absolute atomic E-state index is 12.8. The lowest BCUT2D eigenvalue weighted by Gasteiger charge is -2.08. The van der Waals surface area contributed by atoms with Crippen LogP contribution in [0.4, 0.5) is 8.78 Å². The predicted octanol–water partition coefficient (Wildman–Crippen LogP) is 1.23. The number of hydrogen-bond acceptors (Lipinski definition) is 2. The second kappa shape index (κ2) is 3.63. The molecule has 0 amide bonds. The van der Waals surface area contributed by atoms with Gasteiger partial charge in [-0.3, -0.25) is 0 Å². The van der Waals surface area contributed by atoms with Gasteiger partial charge in [0.05, 0.1) is 12.7 Å². The summed E-state index contributed by atoms with van der Waals surface area (Å²) < 4.78 is 30.6. The van der Waals surface area contributed by atoms with Crippen LogP contribution in [-0.4, -0.2) is 18.8 Å². The summed E-state index contributed by atoms with van der Waals surface area (Å²) in [7, 11) is 0. The predicted molar refractivity (Wildman–Crippen MR) is 47.8 cm³/mol. The van der Waals surface area contributed by atoms with Crippen molar-refractivity contribution in [2.24, 2.45) is 5.73 Å². The molecular weight excluding hydrogens is 188 g/mol. The van der Waals surface area contributed by atoms with Gasteiger partial charge in [-0.05, 0) is 24.1 Å². The summed E-state index contributed by atoms with van der Waals surface area (Å²) in [6.07, 6.45) is 0.501. The van der Waals surface area contributed by atoms with Crippen molar-refractivity contribution in [1.29, 1.82) is 0 Å². The smallest absolute Gasteiger partial charge is 0.126 e. The molecule has 1 aliphatic rings. The Hall–Kier alpha value is -1.00. The molecule has 1 aliphatic heterocycles. The van der Waals surface area contributed by atoms with Crippen molar-refractivity contribution < 1.29 is 13.5 Å². The highest BCUT2D eigenvalue weighted by atomic mass is 19.1. The molecule has 0 spiro atoms. The minimum Gasteiger partial charge on any atom is -0.371 e. The Morgan fingerprint density at radius 3 is 2.43 bits per heavy atom. The number of ether oxygens (including phenoxy) is 1. The fraction of sp³-hybridized carbons (Fsp3) is 0.400. The summed E-state index contributed by atoms with van der Waals surface area (Å²) in [5, 5.41) is 0. The van der Waals surface area contributed by atoms with Gasteiger partial charge < -0.3 is 10.5 Å². The Kier molecular flexibility index (Phi) is 2.48. The first-order valence-electron chi connectivity index (χ1n) is 4.47. The number of hydrogen-bond donors (Lipinski definition) is 1. The molecule has 2 N–H and O–H groups in total. The third-order valence-corrected chi connectivity index (χ3v) is 2.23. The van der Waals surface area contributed by atoms with Crippen molar-refractivity contribution in [3.8, 4) is 0 Å². The zero-order valence-electron chi connectivity index (χ0n) is 7.54. The van der Waals surface area contributed by atoms with Gasteiger partial charge >= 0.3 is 0 Å². The highest BCUT2D eigenvalue weighted by Gasteiger charge is 2.29. The molecule has 1 aromatic rings. The van der Waals surface area contributed by atoms with Gasteiger partial charge in [-0.15, -0.1) is 0 Å². The second-order valence-electron chi connectivity index (χ2n) is 3.52. The Morgan fingerprint density at radius 1 is 1.36 bits per heavy atom. The Labute approximate surface area is 80.7 Å². The van der Waals surface area contributed by atoms with Crippen molar-refractivity contribution in [2.45, 2.75) is 18.6 Å². The molecule has 0 bridgehead atoms. The maximum atomic E-state index is 12.8. The van der Waals surface area contributed by atoms with Crippen LogP contribution in [0.5, 0.6) is 0 Å². The van der Waals surface area contributed by atoms with E-state index in [-0.39, 0.29) is 12.1 Å². The molecule has 4 heteroatoms. The number of benzene rings is 1. The van der Waals surface area contributed by atoms with E-state index in [2.05, 4.69) is 0 Å². The molecule has 1 saturated heterocycles. The van der Waals surface area contributed by atoms with Gasteiger partial charge in [-0.1, -0.05) is 0 Å². The van der Waals surface area contributed by atoms with Crippen molar-refractivity contribution in [2.75, 3.05) is 6.61 Å². The topological polar surface area (TPSA) is 38.5 Å². The average Bonchev–Trinajstić information content (AvgIpc) is 2.82. The van der Waals surface area contributed by atoms with E-state index in [9.17, 15) is 8.78 Å². The van der Waals surface area contributed by atoms with Crippen LogP contribution in [0.3, 0.4) is 0 Å². The summed E-state index contributed by atoms with van der Waals surface area (Å²) in [4.78, 5) is 0. The van der Waals surface area contributed by atoms with Crippen LogP contribution in [-0.2, 0) is 11.2 Å². The summed E-state index contributed by atoms with van der Waals surface area (Å²) in [6.45, 7) is 0.652. The molecular formula is C10H11F2NO. The molecule has 1 heterocycles. The van der Waals surface area contributed by atoms with Crippen LogP contribution < -0.4 is 5.73 Å². The molecule has 1 aromatic carbocycles. The minimum atomic E-state index is -0.566. The molecule has 76 valence electrons. The molecule has 2 atom stereocenters. The van der Waals surface area contributed by atoms with E-state index >= 15 is 0 Å². The summed E-state index contributed by atoms with van der Waals surface area (Å²) >= 11 is 0. The molecule has 1 fully saturated rings. The molecule has 2 rings (SSSR count). The van der Waals surface area contributed by atoms with E-state index in [1.165, 1.54) is 12.1 Å². The molecule has 0 aliphatic carbocycles. The maximum Gasteiger partial charge on any atom is 0.126 e. The fourth-order valence-electron chi connectivity index (χ4n) is 1.44. The van der Waals surface area contributed by atoms with Gasteiger partial charge in [-0.2, -0.15) is 0 Å². The first-order chi connectivity index (χ1) is 6.65. The molecule has 2 unspecified atom stereocenters. The van der Waals surface area contributed by atoms with Gasteiger partial charge in [0.15, 0.2) is 0 Å². The van der Waals surface area contributed by atoms with E-state index in [1.807, 2.05) is 0 Å². The molecule has 0 aromatic heterocycles. The van der Waals surface area contributed by atoms with E-state index < -0.39 is 11.6 Å². The largest absolute Gasteiger partial charge is 0.371 e. The molecule has 14 heavy (non-hydrogen) atoms. The van der Waals surface area contributed by atoms with Gasteiger partial charge in [0.1, 0.15) is 11.6 Å². The first kappa shape index (κ1) is 9.55. The lowest BCUT2D eigenvalue weighted by Crippen LogP contribution is -2.29. The molecule has 0 radical (unpaired) electrons. The number of halogens is 2. The van der Waals surface area contributed by atoms with Crippen molar-refractivity contribution in [1.82, 2.24) is 0 Å². The monoisotopic (exact) mass is 199 g/mol. The average molecular weight is 199 g/mol. The Morgan fingerprint density at radius 2 is 1.93 bits per heavy atom. The second-order valence-corrected chi connectivity index (χ2v) is 3.52. The fourth-order valence-corrected chi connectivity index (χ4v) is 1.44. The lowest BCUT2D eigenvalue weighted by atomic mass is 10.0. The van der Waals surface area contributed by atoms with Crippen LogP contribution >= 0.6 is 0 Å². The highest BCUT2D eigenvalue weighted by molar-refractivity contribution is 5.19. The zero-order chi connectivity index (χ0) is 10.1. The van der Waals surface area contributed by atoms with Crippen molar-refractivity contribution in [3.63, 3.8) is 0 Å². The Bertz CT molecular complexity index is 319. The van der Waals surface area contributed by atoms with Crippen LogP contribution in [0, 0.1) is 11.6 Å². The van der Waals surface area contributed by atoms with Crippen LogP contribution in [0.15, 0.2) is 18.2 Å². The standard InChI is InChI=1S/C10H11F2NO/c11-7-1-6(2-8(12)4-7)3-9(13)10-5-14-10/h1-2,4,9-10H,3,5,13H2. The van der Waals surface area contributed by atoms with Crippen LogP contribution in [0.2, 0.25) is 0 Å². The van der Waals surface area contributed by atoms with E-state index in [0.717, 1.165) is 6.07 Å². The quantitative estimate of drug-likeness (QED) is 0.743. The minimum absolute atomic E-state index is 0.0568. The van der Waals surface area contributed by atoms with E-state index in [1.54, 1.807) is 0 Å². The van der Waals surface area contributed by atoms with Crippen molar-refractivity contribution in [3.05, 3.63) is 35.4 Å². The van der Waals surface area contributed by atoms with Gasteiger partial charge in [-0.25, -0.2) is 8.78 Å². The van der Waals surface area contributed by atoms with Crippen LogP contribution in [0.25, 0.3) is 0 Å².